The van der Waals surface area contributed by atoms with Crippen molar-refractivity contribution >= 4 is 29.2 Å². The van der Waals surface area contributed by atoms with Crippen LogP contribution >= 0.6 is 23.2 Å². The van der Waals surface area contributed by atoms with Crippen LogP contribution in [-0.2, 0) is 4.79 Å². The molecule has 1 aliphatic carbocycles. The van der Waals surface area contributed by atoms with Crippen LogP contribution in [0.3, 0.4) is 0 Å². The summed E-state index contributed by atoms with van der Waals surface area (Å²) in [5.41, 5.74) is -0.532. The van der Waals surface area contributed by atoms with Crippen LogP contribution in [0, 0.1) is 11.7 Å². The molecule has 0 unspecified atom stereocenters. The van der Waals surface area contributed by atoms with Crippen LogP contribution in [0.25, 0.3) is 0 Å². The predicted octanol–water partition coefficient (Wildman–Crippen LogP) is 3.74. The number of halogens is 5. The second-order valence-corrected chi connectivity index (χ2v) is 5.49. The van der Waals surface area contributed by atoms with Gasteiger partial charge in [-0.3, -0.25) is 4.79 Å². The highest BCUT2D eigenvalue weighted by Gasteiger charge is 2.68. The molecule has 1 N–H and O–H groups in total. The van der Waals surface area contributed by atoms with E-state index in [1.165, 1.54) is 6.07 Å². The van der Waals surface area contributed by atoms with Crippen LogP contribution in [0.5, 0.6) is 0 Å². The number of hydrogen-bond acceptors (Lipinski definition) is 1. The van der Waals surface area contributed by atoms with Crippen molar-refractivity contribution in [2.45, 2.75) is 16.7 Å². The van der Waals surface area contributed by atoms with Crippen molar-refractivity contribution in [2.75, 3.05) is 0 Å². The van der Waals surface area contributed by atoms with Gasteiger partial charge in [0.15, 0.2) is 0 Å². The molecular weight excluding hydrogens is 292 g/mol. The zero-order valence-corrected chi connectivity index (χ0v) is 10.2. The average molecular weight is 299 g/mol. The molecule has 0 radical (unpaired) electrons. The van der Waals surface area contributed by atoms with E-state index < -0.39 is 39.9 Å². The summed E-state index contributed by atoms with van der Waals surface area (Å²) in [6.45, 7) is 0. The van der Waals surface area contributed by atoms with E-state index >= 15 is 0 Å². The van der Waals surface area contributed by atoms with E-state index in [2.05, 4.69) is 0 Å². The molecule has 18 heavy (non-hydrogen) atoms. The highest BCUT2D eigenvalue weighted by molar-refractivity contribution is 6.53. The highest BCUT2D eigenvalue weighted by atomic mass is 35.5. The maximum atomic E-state index is 13.4. The monoisotopic (exact) mass is 298 g/mol. The Labute approximate surface area is 110 Å². The van der Waals surface area contributed by atoms with Gasteiger partial charge in [-0.1, -0.05) is 35.3 Å². The van der Waals surface area contributed by atoms with E-state index in [1.807, 2.05) is 0 Å². The van der Waals surface area contributed by atoms with Crippen molar-refractivity contribution in [3.05, 3.63) is 35.1 Å². The van der Waals surface area contributed by atoms with Gasteiger partial charge >= 0.3 is 5.97 Å². The lowest BCUT2D eigenvalue weighted by Crippen LogP contribution is -2.03. The van der Waals surface area contributed by atoms with Gasteiger partial charge in [-0.15, -0.1) is 0 Å². The zero-order chi connectivity index (χ0) is 13.7. The van der Waals surface area contributed by atoms with Gasteiger partial charge in [-0.05, 0) is 11.6 Å². The molecule has 0 bridgehead atoms. The third kappa shape index (κ3) is 2.06. The molecule has 0 aliphatic heterocycles. The standard InChI is InChI=1S/C11H7Cl2F3O2/c12-11(13)7(8(11)10(17)18)4-1-2-5(9(15)16)6(14)3-4/h1-3,7-9H,(H,17,18)/t7-,8+/m0/s1. The Morgan fingerprint density at radius 3 is 2.39 bits per heavy atom. The van der Waals surface area contributed by atoms with Gasteiger partial charge in [0.1, 0.15) is 10.2 Å². The zero-order valence-electron chi connectivity index (χ0n) is 8.71. The predicted molar refractivity (Wildman–Crippen MR) is 59.7 cm³/mol. The van der Waals surface area contributed by atoms with Crippen molar-refractivity contribution in [2.24, 2.45) is 5.92 Å². The maximum Gasteiger partial charge on any atom is 0.310 e. The minimum atomic E-state index is -2.93. The molecule has 0 heterocycles. The number of rotatable bonds is 3. The fourth-order valence-corrected chi connectivity index (χ4v) is 2.78. The van der Waals surface area contributed by atoms with E-state index in [1.54, 1.807) is 0 Å². The van der Waals surface area contributed by atoms with Crippen molar-refractivity contribution in [3.8, 4) is 0 Å². The molecule has 2 nitrogen and oxygen atoms in total. The molecule has 0 saturated heterocycles. The van der Waals surface area contributed by atoms with Crippen LogP contribution in [0.2, 0.25) is 0 Å². The second kappa shape index (κ2) is 4.31. The summed E-state index contributed by atoms with van der Waals surface area (Å²) in [6, 6.07) is 2.99. The molecule has 0 aromatic heterocycles. The minimum absolute atomic E-state index is 0.203. The molecule has 0 amide bonds. The van der Waals surface area contributed by atoms with Crippen molar-refractivity contribution in [3.63, 3.8) is 0 Å². The van der Waals surface area contributed by atoms with Gasteiger partial charge in [-0.25, -0.2) is 13.2 Å². The summed E-state index contributed by atoms with van der Waals surface area (Å²) in [7, 11) is 0. The van der Waals surface area contributed by atoms with Crippen LogP contribution in [0.15, 0.2) is 18.2 Å². The fraction of sp³-hybridized carbons (Fsp3) is 0.364. The van der Waals surface area contributed by atoms with E-state index in [9.17, 15) is 18.0 Å². The molecule has 1 aromatic rings. The topological polar surface area (TPSA) is 37.3 Å². The Balaban J connectivity index is 2.32. The molecule has 98 valence electrons. The van der Waals surface area contributed by atoms with Crippen LogP contribution in [-0.4, -0.2) is 15.4 Å². The molecule has 1 aliphatic rings. The Hall–Kier alpha value is -0.940. The number of benzene rings is 1. The lowest BCUT2D eigenvalue weighted by atomic mass is 10.1. The van der Waals surface area contributed by atoms with Gasteiger partial charge in [0.2, 0.25) is 0 Å². The van der Waals surface area contributed by atoms with E-state index in [4.69, 9.17) is 28.3 Å². The van der Waals surface area contributed by atoms with Crippen molar-refractivity contribution in [1.82, 2.24) is 0 Å². The Bertz CT molecular complexity index is 505. The van der Waals surface area contributed by atoms with Gasteiger partial charge in [0.05, 0.1) is 11.5 Å². The first-order valence-corrected chi connectivity index (χ1v) is 5.70. The molecule has 0 spiro atoms. The first-order chi connectivity index (χ1) is 8.26. The Kier molecular flexibility index (Phi) is 3.23. The Morgan fingerprint density at radius 1 is 1.39 bits per heavy atom. The van der Waals surface area contributed by atoms with E-state index in [0.717, 1.165) is 12.1 Å². The SMILES string of the molecule is O=C(O)[C@H]1[C@H](c2ccc(C(F)F)c(F)c2)C1(Cl)Cl. The molecule has 2 atom stereocenters. The van der Waals surface area contributed by atoms with Crippen LogP contribution in [0.1, 0.15) is 23.5 Å². The smallest absolute Gasteiger partial charge is 0.310 e. The quantitative estimate of drug-likeness (QED) is 0.863. The number of carbonyl (C=O) groups is 1. The second-order valence-electron chi connectivity index (χ2n) is 4.05. The summed E-state index contributed by atoms with van der Waals surface area (Å²) >= 11 is 11.5. The number of carboxylic acids is 1. The summed E-state index contributed by atoms with van der Waals surface area (Å²) in [4.78, 5) is 10.8. The van der Waals surface area contributed by atoms with Gasteiger partial charge in [0, 0.05) is 5.92 Å². The summed E-state index contributed by atoms with van der Waals surface area (Å²) in [5, 5.41) is 8.85. The molecule has 7 heteroatoms. The van der Waals surface area contributed by atoms with E-state index in [-0.39, 0.29) is 5.56 Å². The van der Waals surface area contributed by atoms with E-state index in [0.29, 0.717) is 0 Å². The average Bonchev–Trinajstić information content (AvgIpc) is 2.81. The maximum absolute atomic E-state index is 13.4. The Morgan fingerprint density at radius 2 is 2.00 bits per heavy atom. The third-order valence-electron chi connectivity index (χ3n) is 2.94. The molecule has 1 fully saturated rings. The third-order valence-corrected chi connectivity index (χ3v) is 3.88. The van der Waals surface area contributed by atoms with Crippen LogP contribution < -0.4 is 0 Å². The van der Waals surface area contributed by atoms with Gasteiger partial charge in [-0.2, -0.15) is 0 Å². The summed E-state index contributed by atoms with van der Waals surface area (Å²) < 4.78 is 36.5. The minimum Gasteiger partial charge on any atom is -0.481 e. The molecular formula is C11H7Cl2F3O2. The fourth-order valence-electron chi connectivity index (χ4n) is 1.96. The normalized spacial score (nSPS) is 25.2. The van der Waals surface area contributed by atoms with Gasteiger partial charge < -0.3 is 5.11 Å². The number of carboxylic acid groups (broad SMARTS) is 1. The number of hydrogen-bond donors (Lipinski definition) is 1. The largest absolute Gasteiger partial charge is 0.481 e. The van der Waals surface area contributed by atoms with Crippen molar-refractivity contribution in [1.29, 1.82) is 0 Å². The van der Waals surface area contributed by atoms with Gasteiger partial charge in [0.25, 0.3) is 6.43 Å². The number of aliphatic carboxylic acids is 1. The van der Waals surface area contributed by atoms with Crippen LogP contribution in [0.4, 0.5) is 13.2 Å². The summed E-state index contributed by atoms with van der Waals surface area (Å²) in [6.07, 6.45) is -2.93. The first kappa shape index (κ1) is 13.5. The first-order valence-electron chi connectivity index (χ1n) is 4.95. The molecule has 1 aromatic carbocycles. The number of alkyl halides is 4. The summed E-state index contributed by atoms with van der Waals surface area (Å²) in [5.74, 6) is -4.15. The highest BCUT2D eigenvalue weighted by Crippen LogP contribution is 2.65. The lowest BCUT2D eigenvalue weighted by molar-refractivity contribution is -0.138. The van der Waals surface area contributed by atoms with Crippen molar-refractivity contribution < 1.29 is 23.1 Å². The molecule has 1 saturated carbocycles. The lowest BCUT2D eigenvalue weighted by Gasteiger charge is -2.05. The molecule has 2 rings (SSSR count).